The highest BCUT2D eigenvalue weighted by Gasteiger charge is 2.06. The highest BCUT2D eigenvalue weighted by atomic mass is 16.5. The summed E-state index contributed by atoms with van der Waals surface area (Å²) in [5.74, 6) is 0.887. The van der Waals surface area contributed by atoms with Crippen LogP contribution in [0.5, 0.6) is 5.75 Å². The van der Waals surface area contributed by atoms with E-state index in [1.165, 1.54) is 0 Å². The molecule has 0 aliphatic carbocycles. The molecule has 1 unspecified atom stereocenters. The second-order valence-electron chi connectivity index (χ2n) is 4.44. The van der Waals surface area contributed by atoms with E-state index < -0.39 is 0 Å². The molecule has 2 aromatic rings. The summed E-state index contributed by atoms with van der Waals surface area (Å²) >= 11 is 0. The zero-order chi connectivity index (χ0) is 12.8. The van der Waals surface area contributed by atoms with Crippen molar-refractivity contribution in [1.29, 1.82) is 0 Å². The van der Waals surface area contributed by atoms with Gasteiger partial charge in [-0.25, -0.2) is 0 Å². The van der Waals surface area contributed by atoms with E-state index in [1.807, 2.05) is 31.3 Å². The van der Waals surface area contributed by atoms with Crippen molar-refractivity contribution in [2.45, 2.75) is 25.8 Å². The molecule has 0 amide bonds. The second kappa shape index (κ2) is 6.36. The minimum Gasteiger partial charge on any atom is -0.492 e. The zero-order valence-corrected chi connectivity index (χ0v) is 11.0. The molecule has 0 aliphatic rings. The van der Waals surface area contributed by atoms with Crippen LogP contribution in [0.25, 0.3) is 10.9 Å². The SMILES string of the molecule is CCCC(COc1ccc2cccnc2c1)NC. The fourth-order valence-electron chi connectivity index (χ4n) is 1.99. The number of pyridine rings is 1. The molecule has 1 atom stereocenters. The van der Waals surface area contributed by atoms with Gasteiger partial charge in [0.05, 0.1) is 5.52 Å². The third-order valence-corrected chi connectivity index (χ3v) is 3.07. The van der Waals surface area contributed by atoms with Crippen LogP contribution in [0.3, 0.4) is 0 Å². The fraction of sp³-hybridized carbons (Fsp3) is 0.400. The molecule has 0 saturated heterocycles. The number of fused-ring (bicyclic) bond motifs is 1. The molecule has 1 heterocycles. The molecule has 2 rings (SSSR count). The molecule has 18 heavy (non-hydrogen) atoms. The van der Waals surface area contributed by atoms with E-state index in [4.69, 9.17) is 4.74 Å². The van der Waals surface area contributed by atoms with Crippen LogP contribution in [-0.2, 0) is 0 Å². The average molecular weight is 244 g/mol. The lowest BCUT2D eigenvalue weighted by Gasteiger charge is -2.16. The van der Waals surface area contributed by atoms with E-state index in [-0.39, 0.29) is 0 Å². The average Bonchev–Trinajstić information content (AvgIpc) is 2.43. The maximum Gasteiger partial charge on any atom is 0.121 e. The van der Waals surface area contributed by atoms with Crippen molar-refractivity contribution in [3.8, 4) is 5.75 Å². The number of hydrogen-bond donors (Lipinski definition) is 1. The third-order valence-electron chi connectivity index (χ3n) is 3.07. The zero-order valence-electron chi connectivity index (χ0n) is 11.0. The van der Waals surface area contributed by atoms with E-state index in [2.05, 4.69) is 23.3 Å². The van der Waals surface area contributed by atoms with Gasteiger partial charge in [0.1, 0.15) is 12.4 Å². The molecule has 0 fully saturated rings. The number of benzene rings is 1. The molecule has 3 heteroatoms. The van der Waals surface area contributed by atoms with Crippen LogP contribution in [0.4, 0.5) is 0 Å². The molecule has 0 saturated carbocycles. The summed E-state index contributed by atoms with van der Waals surface area (Å²) in [7, 11) is 1.98. The van der Waals surface area contributed by atoms with Crippen LogP contribution in [0.15, 0.2) is 36.5 Å². The van der Waals surface area contributed by atoms with Gasteiger partial charge in [-0.2, -0.15) is 0 Å². The number of likely N-dealkylation sites (N-methyl/N-ethyl adjacent to an activating group) is 1. The quantitative estimate of drug-likeness (QED) is 0.848. The summed E-state index contributed by atoms with van der Waals surface area (Å²) < 4.78 is 5.82. The Kier molecular flexibility index (Phi) is 4.53. The molecule has 0 spiro atoms. The van der Waals surface area contributed by atoms with E-state index >= 15 is 0 Å². The van der Waals surface area contributed by atoms with Crippen molar-refractivity contribution >= 4 is 10.9 Å². The highest BCUT2D eigenvalue weighted by Crippen LogP contribution is 2.19. The van der Waals surface area contributed by atoms with Crippen LogP contribution in [0.2, 0.25) is 0 Å². The highest BCUT2D eigenvalue weighted by molar-refractivity contribution is 5.79. The summed E-state index contributed by atoms with van der Waals surface area (Å²) in [5.41, 5.74) is 0.978. The number of ether oxygens (including phenoxy) is 1. The number of hydrogen-bond acceptors (Lipinski definition) is 3. The first-order valence-electron chi connectivity index (χ1n) is 6.48. The van der Waals surface area contributed by atoms with Gasteiger partial charge in [-0.1, -0.05) is 19.4 Å². The van der Waals surface area contributed by atoms with Gasteiger partial charge in [0.15, 0.2) is 0 Å². The smallest absolute Gasteiger partial charge is 0.121 e. The number of rotatable bonds is 6. The van der Waals surface area contributed by atoms with Gasteiger partial charge in [-0.3, -0.25) is 4.98 Å². The van der Waals surface area contributed by atoms with Crippen LogP contribution < -0.4 is 10.1 Å². The molecular weight excluding hydrogens is 224 g/mol. The van der Waals surface area contributed by atoms with Gasteiger partial charge in [0.25, 0.3) is 0 Å². The Hall–Kier alpha value is -1.61. The van der Waals surface area contributed by atoms with Gasteiger partial charge in [0, 0.05) is 23.7 Å². The Balaban J connectivity index is 2.03. The standard InChI is InChI=1S/C15H20N2O/c1-3-5-13(16-2)11-18-14-8-7-12-6-4-9-17-15(12)10-14/h4,6-10,13,16H,3,5,11H2,1-2H3. The second-order valence-corrected chi connectivity index (χ2v) is 4.44. The van der Waals surface area contributed by atoms with Crippen molar-refractivity contribution in [1.82, 2.24) is 10.3 Å². The maximum atomic E-state index is 5.82. The molecule has 1 aromatic carbocycles. The van der Waals surface area contributed by atoms with E-state index in [1.54, 1.807) is 6.20 Å². The number of nitrogens with one attached hydrogen (secondary N) is 1. The molecular formula is C15H20N2O. The van der Waals surface area contributed by atoms with Crippen LogP contribution in [0, 0.1) is 0 Å². The Morgan fingerprint density at radius 3 is 3.00 bits per heavy atom. The summed E-state index contributed by atoms with van der Waals surface area (Å²) in [4.78, 5) is 4.33. The summed E-state index contributed by atoms with van der Waals surface area (Å²) in [6, 6.07) is 10.5. The monoisotopic (exact) mass is 244 g/mol. The summed E-state index contributed by atoms with van der Waals surface area (Å²) in [6.45, 7) is 2.88. The minimum atomic E-state index is 0.412. The van der Waals surface area contributed by atoms with Crippen molar-refractivity contribution in [2.75, 3.05) is 13.7 Å². The molecule has 96 valence electrons. The number of aromatic nitrogens is 1. The predicted molar refractivity (Wildman–Crippen MR) is 75.0 cm³/mol. The van der Waals surface area contributed by atoms with E-state index in [0.29, 0.717) is 12.6 Å². The van der Waals surface area contributed by atoms with Crippen molar-refractivity contribution in [2.24, 2.45) is 0 Å². The molecule has 0 aliphatic heterocycles. The molecule has 3 nitrogen and oxygen atoms in total. The third kappa shape index (κ3) is 3.20. The van der Waals surface area contributed by atoms with Crippen LogP contribution in [0.1, 0.15) is 19.8 Å². The topological polar surface area (TPSA) is 34.1 Å². The van der Waals surface area contributed by atoms with Gasteiger partial charge >= 0.3 is 0 Å². The fourth-order valence-corrected chi connectivity index (χ4v) is 1.99. The predicted octanol–water partition coefficient (Wildman–Crippen LogP) is 3.00. The maximum absolute atomic E-state index is 5.82. The largest absolute Gasteiger partial charge is 0.492 e. The van der Waals surface area contributed by atoms with Gasteiger partial charge in [0.2, 0.25) is 0 Å². The molecule has 0 radical (unpaired) electrons. The Morgan fingerprint density at radius 2 is 2.22 bits per heavy atom. The normalized spacial score (nSPS) is 12.6. The molecule has 1 aromatic heterocycles. The van der Waals surface area contributed by atoms with Crippen molar-refractivity contribution in [3.05, 3.63) is 36.5 Å². The van der Waals surface area contributed by atoms with E-state index in [0.717, 1.165) is 29.5 Å². The van der Waals surface area contributed by atoms with Gasteiger partial charge in [-0.05, 0) is 31.7 Å². The Bertz CT molecular complexity index is 499. The summed E-state index contributed by atoms with van der Waals surface area (Å²) in [6.07, 6.45) is 4.09. The first-order chi connectivity index (χ1) is 8.83. The number of nitrogens with zero attached hydrogens (tertiary/aromatic N) is 1. The van der Waals surface area contributed by atoms with Crippen molar-refractivity contribution in [3.63, 3.8) is 0 Å². The minimum absolute atomic E-state index is 0.412. The first kappa shape index (κ1) is 12.8. The Morgan fingerprint density at radius 1 is 1.33 bits per heavy atom. The lowest BCUT2D eigenvalue weighted by molar-refractivity contribution is 0.263. The molecule has 0 bridgehead atoms. The van der Waals surface area contributed by atoms with Gasteiger partial charge < -0.3 is 10.1 Å². The lowest BCUT2D eigenvalue weighted by Crippen LogP contribution is -2.31. The van der Waals surface area contributed by atoms with Crippen LogP contribution in [-0.4, -0.2) is 24.7 Å². The van der Waals surface area contributed by atoms with E-state index in [9.17, 15) is 0 Å². The molecule has 1 N–H and O–H groups in total. The summed E-state index contributed by atoms with van der Waals surface area (Å²) in [5, 5.41) is 4.41. The lowest BCUT2D eigenvalue weighted by atomic mass is 10.2. The van der Waals surface area contributed by atoms with Crippen LogP contribution >= 0.6 is 0 Å². The first-order valence-corrected chi connectivity index (χ1v) is 6.48. The Labute approximate surface area is 108 Å². The van der Waals surface area contributed by atoms with Gasteiger partial charge in [-0.15, -0.1) is 0 Å². The van der Waals surface area contributed by atoms with Crippen molar-refractivity contribution < 1.29 is 4.74 Å².